The van der Waals surface area contributed by atoms with Crippen molar-refractivity contribution < 1.29 is 43.0 Å². The van der Waals surface area contributed by atoms with Crippen molar-refractivity contribution in [1.82, 2.24) is 20.4 Å². The predicted molar refractivity (Wildman–Crippen MR) is 168 cm³/mol. The van der Waals surface area contributed by atoms with E-state index in [9.17, 15) is 28.8 Å². The van der Waals surface area contributed by atoms with Gasteiger partial charge in [-0.25, -0.2) is 14.4 Å². The number of piperidine rings is 2. The summed E-state index contributed by atoms with van der Waals surface area (Å²) < 4.78 is 16.2. The molecule has 0 bridgehead atoms. The van der Waals surface area contributed by atoms with E-state index < -0.39 is 41.5 Å². The van der Waals surface area contributed by atoms with Gasteiger partial charge in [-0.05, 0) is 91.4 Å². The summed E-state index contributed by atoms with van der Waals surface area (Å²) in [7, 11) is 0. The Morgan fingerprint density at radius 1 is 0.848 bits per heavy atom. The van der Waals surface area contributed by atoms with Crippen LogP contribution in [-0.4, -0.2) is 102 Å². The fraction of sp³-hybridized carbons (Fsp3) is 0.818. The highest BCUT2D eigenvalue weighted by Crippen LogP contribution is 2.25. The fourth-order valence-corrected chi connectivity index (χ4v) is 6.17. The van der Waals surface area contributed by atoms with Crippen LogP contribution in [0.5, 0.6) is 0 Å². The highest BCUT2D eigenvalue weighted by atomic mass is 16.6. The Morgan fingerprint density at radius 2 is 1.52 bits per heavy atom. The monoisotopic (exact) mass is 650 g/mol. The van der Waals surface area contributed by atoms with E-state index in [1.54, 1.807) is 9.80 Å². The first-order chi connectivity index (χ1) is 21.7. The van der Waals surface area contributed by atoms with Gasteiger partial charge in [0.15, 0.2) is 6.10 Å². The zero-order valence-corrected chi connectivity index (χ0v) is 28.3. The number of likely N-dealkylation sites (tertiary alicyclic amines) is 2. The predicted octanol–water partition coefficient (Wildman–Crippen LogP) is 3.08. The van der Waals surface area contributed by atoms with Crippen molar-refractivity contribution in [3.8, 4) is 0 Å². The normalized spacial score (nSPS) is 21.0. The van der Waals surface area contributed by atoms with Crippen LogP contribution in [0.3, 0.4) is 0 Å². The number of hydrogen-bond acceptors (Lipinski definition) is 9. The summed E-state index contributed by atoms with van der Waals surface area (Å²) >= 11 is 0. The average Bonchev–Trinajstić information content (AvgIpc) is 3.01. The first kappa shape index (κ1) is 37.1. The summed E-state index contributed by atoms with van der Waals surface area (Å²) in [5, 5.41) is 5.21. The highest BCUT2D eigenvalue weighted by Gasteiger charge is 2.33. The number of carbonyl (C=O) groups is 6. The molecule has 3 aliphatic rings. The molecule has 0 spiro atoms. The second-order valence-corrected chi connectivity index (χ2v) is 13.9. The number of nitrogens with one attached hydrogen (secondary N) is 2. The van der Waals surface area contributed by atoms with E-state index in [1.807, 2.05) is 20.8 Å². The van der Waals surface area contributed by atoms with Gasteiger partial charge in [-0.15, -0.1) is 0 Å². The molecule has 260 valence electrons. The Morgan fingerprint density at radius 3 is 2.15 bits per heavy atom. The van der Waals surface area contributed by atoms with E-state index in [2.05, 4.69) is 10.6 Å². The van der Waals surface area contributed by atoms with Crippen molar-refractivity contribution in [2.45, 2.75) is 129 Å². The van der Waals surface area contributed by atoms with E-state index in [0.29, 0.717) is 44.8 Å². The quantitative estimate of drug-likeness (QED) is 0.253. The number of rotatable bonds is 11. The summed E-state index contributed by atoms with van der Waals surface area (Å²) in [5.74, 6) is -2.40. The van der Waals surface area contributed by atoms with Gasteiger partial charge in [0, 0.05) is 46.1 Å². The van der Waals surface area contributed by atoms with Gasteiger partial charge < -0.3 is 34.6 Å². The molecule has 46 heavy (non-hydrogen) atoms. The molecule has 2 saturated heterocycles. The molecule has 2 N–H and O–H groups in total. The van der Waals surface area contributed by atoms with Gasteiger partial charge in [0.25, 0.3) is 0 Å². The lowest BCUT2D eigenvalue weighted by atomic mass is 9.91. The molecule has 0 aromatic rings. The molecule has 13 nitrogen and oxygen atoms in total. The minimum Gasteiger partial charge on any atom is -0.460 e. The number of carbonyl (C=O) groups excluding carboxylic acids is 6. The van der Waals surface area contributed by atoms with Gasteiger partial charge in [-0.1, -0.05) is 6.42 Å². The van der Waals surface area contributed by atoms with Crippen molar-refractivity contribution in [3.63, 3.8) is 0 Å². The third kappa shape index (κ3) is 12.4. The zero-order chi connectivity index (χ0) is 33.9. The highest BCUT2D eigenvalue weighted by molar-refractivity contribution is 5.87. The maximum Gasteiger partial charge on any atom is 0.410 e. The number of nitrogens with zero attached hydrogens (tertiary/aromatic N) is 2. The third-order valence-corrected chi connectivity index (χ3v) is 8.78. The largest absolute Gasteiger partial charge is 0.460 e. The van der Waals surface area contributed by atoms with E-state index in [-0.39, 0.29) is 37.1 Å². The van der Waals surface area contributed by atoms with Crippen LogP contribution in [-0.2, 0) is 38.2 Å². The molecule has 1 saturated carbocycles. The van der Waals surface area contributed by atoms with Gasteiger partial charge >= 0.3 is 18.0 Å². The Hall–Kier alpha value is -3.38. The number of ether oxygens (including phenoxy) is 3. The van der Waals surface area contributed by atoms with E-state index in [0.717, 1.165) is 51.4 Å². The molecule has 0 aromatic heterocycles. The Kier molecular flexibility index (Phi) is 14.1. The Labute approximate surface area is 272 Å². The Bertz CT molecular complexity index is 1080. The van der Waals surface area contributed by atoms with Crippen molar-refractivity contribution in [1.29, 1.82) is 0 Å². The van der Waals surface area contributed by atoms with Crippen LogP contribution in [0.1, 0.15) is 105 Å². The van der Waals surface area contributed by atoms with Crippen LogP contribution < -0.4 is 10.6 Å². The van der Waals surface area contributed by atoms with Gasteiger partial charge in [-0.3, -0.25) is 14.4 Å². The van der Waals surface area contributed by atoms with Crippen LogP contribution in [0.15, 0.2) is 0 Å². The molecular formula is C33H54N4O9. The van der Waals surface area contributed by atoms with E-state index in [1.165, 1.54) is 13.8 Å². The number of hydrogen-bond donors (Lipinski definition) is 2. The maximum atomic E-state index is 13.1. The van der Waals surface area contributed by atoms with Crippen LogP contribution in [0.4, 0.5) is 4.79 Å². The molecule has 13 heteroatoms. The van der Waals surface area contributed by atoms with E-state index in [4.69, 9.17) is 14.2 Å². The summed E-state index contributed by atoms with van der Waals surface area (Å²) in [6.07, 6.45) is 7.02. The first-order valence-corrected chi connectivity index (χ1v) is 16.9. The average molecular weight is 651 g/mol. The van der Waals surface area contributed by atoms with Crippen molar-refractivity contribution in [3.05, 3.63) is 0 Å². The second kappa shape index (κ2) is 17.5. The van der Waals surface area contributed by atoms with Crippen molar-refractivity contribution in [2.24, 2.45) is 11.8 Å². The molecule has 2 aliphatic heterocycles. The molecule has 0 aromatic carbocycles. The lowest BCUT2D eigenvalue weighted by Crippen LogP contribution is -2.52. The van der Waals surface area contributed by atoms with E-state index >= 15 is 0 Å². The van der Waals surface area contributed by atoms with Gasteiger partial charge in [0.1, 0.15) is 17.7 Å². The molecular weight excluding hydrogens is 596 g/mol. The number of amides is 4. The van der Waals surface area contributed by atoms with Crippen LogP contribution >= 0.6 is 0 Å². The second-order valence-electron chi connectivity index (χ2n) is 13.9. The minimum absolute atomic E-state index is 0.000808. The third-order valence-electron chi connectivity index (χ3n) is 8.78. The molecule has 2 unspecified atom stereocenters. The molecule has 0 radical (unpaired) electrons. The summed E-state index contributed by atoms with van der Waals surface area (Å²) in [5.41, 5.74) is -0.536. The molecule has 3 atom stereocenters. The van der Waals surface area contributed by atoms with Gasteiger partial charge in [-0.2, -0.15) is 0 Å². The SMILES string of the molecule is CC(=O)NC(CNC(=O)[C@@H]1CCCN(C(=O)CCC2CCN(C(=O)OC(C)(C)C)CC2)C1)C(=O)OC(C)C(=O)OC1CCCCC1. The molecule has 2 heterocycles. The lowest BCUT2D eigenvalue weighted by Gasteiger charge is -2.34. The standard InChI is InChI=1S/C33H54N4O9/c1-22(30(41)45-26-11-7-6-8-12-26)44-31(42)27(35-23(2)38)20-34-29(40)25-10-9-17-37(21-25)28(39)14-13-24-15-18-36(19-16-24)32(43)46-33(3,4)5/h22,24-27H,6-21H2,1-5H3,(H,34,40)(H,35,38)/t22?,25-,27?/m1/s1. The summed E-state index contributed by atoms with van der Waals surface area (Å²) in [6.45, 7) is 10.1. The van der Waals surface area contributed by atoms with Crippen LogP contribution in [0, 0.1) is 11.8 Å². The van der Waals surface area contributed by atoms with Crippen LogP contribution in [0.2, 0.25) is 0 Å². The molecule has 3 fully saturated rings. The van der Waals surface area contributed by atoms with Crippen molar-refractivity contribution in [2.75, 3.05) is 32.7 Å². The maximum absolute atomic E-state index is 13.1. The van der Waals surface area contributed by atoms with Crippen molar-refractivity contribution >= 4 is 35.8 Å². The summed E-state index contributed by atoms with van der Waals surface area (Å²) in [4.78, 5) is 79.0. The lowest BCUT2D eigenvalue weighted by molar-refractivity contribution is -0.172. The topological polar surface area (TPSA) is 161 Å². The summed E-state index contributed by atoms with van der Waals surface area (Å²) in [6, 6.07) is -1.19. The van der Waals surface area contributed by atoms with Gasteiger partial charge in [0.2, 0.25) is 17.7 Å². The minimum atomic E-state index is -1.19. The zero-order valence-electron chi connectivity index (χ0n) is 28.3. The fourth-order valence-electron chi connectivity index (χ4n) is 6.17. The molecule has 3 rings (SSSR count). The number of esters is 2. The first-order valence-electron chi connectivity index (χ1n) is 16.9. The van der Waals surface area contributed by atoms with Gasteiger partial charge in [0.05, 0.1) is 5.92 Å². The smallest absolute Gasteiger partial charge is 0.410 e. The molecule has 4 amide bonds. The van der Waals surface area contributed by atoms with Crippen LogP contribution in [0.25, 0.3) is 0 Å². The Balaban J connectivity index is 1.41. The molecule has 1 aliphatic carbocycles.